The number of nitrogens with zero attached hydrogens (tertiary/aromatic N) is 3. The lowest BCUT2D eigenvalue weighted by atomic mass is 10.2. The minimum atomic E-state index is -0.401. The first kappa shape index (κ1) is 20.9. The van der Waals surface area contributed by atoms with Crippen LogP contribution in [0.1, 0.15) is 17.3 Å². The van der Waals surface area contributed by atoms with Crippen LogP contribution >= 0.6 is 27.7 Å². The number of carbonyl (C=O) groups is 2. The van der Waals surface area contributed by atoms with Crippen molar-refractivity contribution in [2.24, 2.45) is 0 Å². The molecule has 0 fully saturated rings. The van der Waals surface area contributed by atoms with E-state index in [0.717, 1.165) is 10.0 Å². The Kier molecular flexibility index (Phi) is 6.89. The standard InChI is InChI=1S/C19H18BrN5O3S/c1-2-25-17(12-5-9-15(26)10-6-12)22-24-19(25)29-11-16(27)21-23-18(28)13-3-7-14(20)8-4-13/h3-10,26H,2,11H2,1H3,(H,21,27)(H,23,28). The maximum atomic E-state index is 12.1. The van der Waals surface area contributed by atoms with E-state index in [9.17, 15) is 14.7 Å². The number of hydrogen-bond donors (Lipinski definition) is 3. The zero-order valence-corrected chi connectivity index (χ0v) is 17.8. The van der Waals surface area contributed by atoms with Gasteiger partial charge >= 0.3 is 0 Å². The molecule has 0 saturated carbocycles. The minimum Gasteiger partial charge on any atom is -0.508 e. The van der Waals surface area contributed by atoms with Crippen LogP contribution in [0.4, 0.5) is 0 Å². The Morgan fingerprint density at radius 2 is 1.76 bits per heavy atom. The summed E-state index contributed by atoms with van der Waals surface area (Å²) < 4.78 is 2.74. The van der Waals surface area contributed by atoms with Crippen molar-refractivity contribution in [1.82, 2.24) is 25.6 Å². The van der Waals surface area contributed by atoms with Crippen molar-refractivity contribution >= 4 is 39.5 Å². The molecular weight excluding hydrogens is 458 g/mol. The first-order valence-electron chi connectivity index (χ1n) is 8.68. The Labute approximate surface area is 179 Å². The van der Waals surface area contributed by atoms with E-state index in [1.54, 1.807) is 48.5 Å². The molecule has 3 N–H and O–H groups in total. The number of aromatic nitrogens is 3. The fourth-order valence-corrected chi connectivity index (χ4v) is 3.54. The third-order valence-corrected chi connectivity index (χ3v) is 5.41. The Bertz CT molecular complexity index is 1010. The fourth-order valence-electron chi connectivity index (χ4n) is 2.47. The summed E-state index contributed by atoms with van der Waals surface area (Å²) in [6.07, 6.45) is 0. The molecule has 3 rings (SSSR count). The van der Waals surface area contributed by atoms with Crippen LogP contribution in [0.25, 0.3) is 11.4 Å². The molecule has 8 nitrogen and oxygen atoms in total. The highest BCUT2D eigenvalue weighted by Gasteiger charge is 2.15. The van der Waals surface area contributed by atoms with E-state index in [4.69, 9.17) is 0 Å². The van der Waals surface area contributed by atoms with Crippen molar-refractivity contribution in [3.63, 3.8) is 0 Å². The largest absolute Gasteiger partial charge is 0.508 e. The lowest BCUT2D eigenvalue weighted by molar-refractivity contribution is -0.119. The van der Waals surface area contributed by atoms with Crippen LogP contribution in [0, 0.1) is 0 Å². The molecule has 1 heterocycles. The second-order valence-corrected chi connectivity index (χ2v) is 7.75. The van der Waals surface area contributed by atoms with Gasteiger partial charge in [-0.25, -0.2) is 0 Å². The minimum absolute atomic E-state index is 0.0638. The summed E-state index contributed by atoms with van der Waals surface area (Å²) in [5.41, 5.74) is 6.03. The lowest BCUT2D eigenvalue weighted by Gasteiger charge is -2.09. The number of hydrogen-bond acceptors (Lipinski definition) is 6. The number of rotatable bonds is 6. The van der Waals surface area contributed by atoms with Gasteiger partial charge in [0, 0.05) is 22.1 Å². The molecule has 150 valence electrons. The van der Waals surface area contributed by atoms with Gasteiger partial charge < -0.3 is 9.67 Å². The van der Waals surface area contributed by atoms with Crippen molar-refractivity contribution in [1.29, 1.82) is 0 Å². The summed E-state index contributed by atoms with van der Waals surface area (Å²) >= 11 is 4.52. The molecule has 0 spiro atoms. The van der Waals surface area contributed by atoms with E-state index < -0.39 is 5.91 Å². The van der Waals surface area contributed by atoms with Crippen LogP contribution in [0.3, 0.4) is 0 Å². The van der Waals surface area contributed by atoms with Crippen LogP contribution in [0.5, 0.6) is 5.75 Å². The zero-order chi connectivity index (χ0) is 20.8. The Hall–Kier alpha value is -2.85. The normalized spacial score (nSPS) is 10.6. The number of carbonyl (C=O) groups excluding carboxylic acids is 2. The number of nitrogens with one attached hydrogen (secondary N) is 2. The molecule has 0 atom stereocenters. The molecule has 10 heteroatoms. The molecule has 0 unspecified atom stereocenters. The third kappa shape index (κ3) is 5.36. The summed E-state index contributed by atoms with van der Waals surface area (Å²) in [6.45, 7) is 2.57. The molecule has 0 saturated heterocycles. The molecule has 0 radical (unpaired) electrons. The summed E-state index contributed by atoms with van der Waals surface area (Å²) in [4.78, 5) is 24.1. The van der Waals surface area contributed by atoms with Crippen molar-refractivity contribution in [2.45, 2.75) is 18.6 Å². The van der Waals surface area contributed by atoms with Crippen molar-refractivity contribution in [3.8, 4) is 17.1 Å². The molecule has 0 bridgehead atoms. The average molecular weight is 476 g/mol. The van der Waals surface area contributed by atoms with E-state index in [0.29, 0.717) is 23.1 Å². The van der Waals surface area contributed by atoms with Gasteiger partial charge in [0.2, 0.25) is 5.91 Å². The highest BCUT2D eigenvalue weighted by Crippen LogP contribution is 2.25. The van der Waals surface area contributed by atoms with E-state index in [-0.39, 0.29) is 17.4 Å². The SMILES string of the molecule is CCn1c(SCC(=O)NNC(=O)c2ccc(Br)cc2)nnc1-c1ccc(O)cc1. The number of phenols is 1. The van der Waals surface area contributed by atoms with Crippen molar-refractivity contribution in [3.05, 3.63) is 58.6 Å². The van der Waals surface area contributed by atoms with Crippen LogP contribution in [0.2, 0.25) is 0 Å². The van der Waals surface area contributed by atoms with Gasteiger partial charge in [0.1, 0.15) is 5.75 Å². The van der Waals surface area contributed by atoms with E-state index in [1.807, 2.05) is 11.5 Å². The molecule has 0 aliphatic rings. The maximum absolute atomic E-state index is 12.1. The predicted molar refractivity (Wildman–Crippen MR) is 113 cm³/mol. The summed E-state index contributed by atoms with van der Waals surface area (Å²) in [6, 6.07) is 13.5. The fraction of sp³-hybridized carbons (Fsp3) is 0.158. The molecule has 3 aromatic rings. The third-order valence-electron chi connectivity index (χ3n) is 3.91. The zero-order valence-electron chi connectivity index (χ0n) is 15.4. The lowest BCUT2D eigenvalue weighted by Crippen LogP contribution is -2.42. The number of aromatic hydroxyl groups is 1. The van der Waals surface area contributed by atoms with E-state index in [1.165, 1.54) is 11.8 Å². The van der Waals surface area contributed by atoms with Gasteiger partial charge in [0.05, 0.1) is 5.75 Å². The molecular formula is C19H18BrN5O3S. The van der Waals surface area contributed by atoms with E-state index >= 15 is 0 Å². The molecule has 0 aliphatic heterocycles. The summed E-state index contributed by atoms with van der Waals surface area (Å²) in [5, 5.41) is 18.4. The van der Waals surface area contributed by atoms with Crippen molar-refractivity contribution in [2.75, 3.05) is 5.75 Å². The molecule has 2 aromatic carbocycles. The topological polar surface area (TPSA) is 109 Å². The average Bonchev–Trinajstić information content (AvgIpc) is 3.14. The van der Waals surface area contributed by atoms with Gasteiger partial charge in [-0.05, 0) is 55.5 Å². The number of amides is 2. The molecule has 1 aromatic heterocycles. The van der Waals surface area contributed by atoms with Gasteiger partial charge in [-0.15, -0.1) is 10.2 Å². The smallest absolute Gasteiger partial charge is 0.269 e. The van der Waals surface area contributed by atoms with E-state index in [2.05, 4.69) is 37.0 Å². The van der Waals surface area contributed by atoms with Gasteiger partial charge in [-0.1, -0.05) is 27.7 Å². The first-order chi connectivity index (χ1) is 14.0. The highest BCUT2D eigenvalue weighted by molar-refractivity contribution is 9.10. The van der Waals surface area contributed by atoms with Gasteiger partial charge in [0.25, 0.3) is 5.91 Å². The number of benzene rings is 2. The summed E-state index contributed by atoms with van der Waals surface area (Å²) in [7, 11) is 0. The Morgan fingerprint density at radius 3 is 2.41 bits per heavy atom. The number of thioether (sulfide) groups is 1. The van der Waals surface area contributed by atoms with Crippen LogP contribution in [-0.4, -0.2) is 37.4 Å². The molecule has 0 aliphatic carbocycles. The maximum Gasteiger partial charge on any atom is 0.269 e. The van der Waals surface area contributed by atoms with Crippen LogP contribution in [-0.2, 0) is 11.3 Å². The van der Waals surface area contributed by atoms with Gasteiger partial charge in [-0.2, -0.15) is 0 Å². The second kappa shape index (κ2) is 9.57. The predicted octanol–water partition coefficient (Wildman–Crippen LogP) is 2.99. The van der Waals surface area contributed by atoms with Gasteiger partial charge in [-0.3, -0.25) is 20.4 Å². The van der Waals surface area contributed by atoms with Crippen LogP contribution < -0.4 is 10.9 Å². The monoisotopic (exact) mass is 475 g/mol. The number of hydrazine groups is 1. The molecule has 2 amide bonds. The van der Waals surface area contributed by atoms with Gasteiger partial charge in [0.15, 0.2) is 11.0 Å². The summed E-state index contributed by atoms with van der Waals surface area (Å²) in [5.74, 6) is 0.125. The second-order valence-electron chi connectivity index (χ2n) is 5.90. The first-order valence-corrected chi connectivity index (χ1v) is 10.5. The Morgan fingerprint density at radius 1 is 1.07 bits per heavy atom. The number of phenolic OH excluding ortho intramolecular Hbond substituents is 1. The Balaban J connectivity index is 1.56. The quantitative estimate of drug-likeness (QED) is 0.373. The highest BCUT2D eigenvalue weighted by atomic mass is 79.9. The van der Waals surface area contributed by atoms with Crippen LogP contribution in [0.15, 0.2) is 58.2 Å². The van der Waals surface area contributed by atoms with Crippen molar-refractivity contribution < 1.29 is 14.7 Å². The molecule has 29 heavy (non-hydrogen) atoms. The number of halogens is 1.